The summed E-state index contributed by atoms with van der Waals surface area (Å²) in [5, 5.41) is 3.24. The maximum Gasteiger partial charge on any atom is 0.120 e. The molecule has 1 nitrogen and oxygen atoms in total. The molecule has 1 aliphatic rings. The molecule has 0 spiro atoms. The molecule has 1 aromatic heterocycles. The van der Waals surface area contributed by atoms with Crippen LogP contribution in [-0.4, -0.2) is 4.98 Å². The average molecular weight is 244 g/mol. The molecule has 2 rings (SSSR count). The minimum atomic E-state index is 0.967. The van der Waals surface area contributed by atoms with Crippen molar-refractivity contribution in [1.29, 1.82) is 0 Å². The molecule has 12 heavy (non-hydrogen) atoms. The van der Waals surface area contributed by atoms with Gasteiger partial charge in [-0.25, -0.2) is 4.98 Å². The third kappa shape index (κ3) is 1.77. The number of hydrogen-bond donors (Lipinski definition) is 0. The molecule has 0 aromatic carbocycles. The maximum absolute atomic E-state index is 4.40. The summed E-state index contributed by atoms with van der Waals surface area (Å²) in [6.07, 6.45) is 7.43. The highest BCUT2D eigenvalue weighted by molar-refractivity contribution is 9.10. The molecule has 0 amide bonds. The first-order chi connectivity index (χ1) is 5.86. The normalized spacial score (nSPS) is 17.6. The molecule has 0 radical (unpaired) electrons. The van der Waals surface area contributed by atoms with E-state index in [9.17, 15) is 0 Å². The van der Waals surface area contributed by atoms with Crippen molar-refractivity contribution in [2.75, 3.05) is 0 Å². The first-order valence-corrected chi connectivity index (χ1v) is 5.84. The second-order valence-electron chi connectivity index (χ2n) is 2.95. The summed E-state index contributed by atoms with van der Waals surface area (Å²) >= 11 is 5.10. The molecule has 0 unspecified atom stereocenters. The van der Waals surface area contributed by atoms with Crippen LogP contribution in [0.1, 0.15) is 30.7 Å². The fraction of sp³-hybridized carbons (Fsp3) is 0.444. The molecule has 3 heteroatoms. The molecule has 0 saturated heterocycles. The Balaban J connectivity index is 2.23. The fourth-order valence-electron chi connectivity index (χ4n) is 1.43. The van der Waals surface area contributed by atoms with Crippen molar-refractivity contribution in [2.45, 2.75) is 25.7 Å². The summed E-state index contributed by atoms with van der Waals surface area (Å²) < 4.78 is 0.967. The third-order valence-corrected chi connectivity index (χ3v) is 3.67. The van der Waals surface area contributed by atoms with Gasteiger partial charge in [-0.1, -0.05) is 6.08 Å². The molecule has 0 atom stereocenters. The van der Waals surface area contributed by atoms with Crippen LogP contribution in [0, 0.1) is 0 Å². The third-order valence-electron chi connectivity index (χ3n) is 2.04. The van der Waals surface area contributed by atoms with Crippen LogP contribution in [0.2, 0.25) is 0 Å². The molecule has 1 heterocycles. The maximum atomic E-state index is 4.40. The Morgan fingerprint density at radius 1 is 1.42 bits per heavy atom. The first kappa shape index (κ1) is 8.45. The second kappa shape index (κ2) is 3.71. The molecule has 0 saturated carbocycles. The fourth-order valence-corrected chi connectivity index (χ4v) is 2.76. The van der Waals surface area contributed by atoms with Crippen LogP contribution < -0.4 is 0 Å². The zero-order valence-electron chi connectivity index (χ0n) is 6.72. The van der Waals surface area contributed by atoms with Gasteiger partial charge in [0.1, 0.15) is 9.61 Å². The Morgan fingerprint density at radius 3 is 2.92 bits per heavy atom. The molecular weight excluding hydrogens is 234 g/mol. The van der Waals surface area contributed by atoms with Crippen molar-refractivity contribution in [3.8, 4) is 0 Å². The highest BCUT2D eigenvalue weighted by atomic mass is 79.9. The lowest BCUT2D eigenvalue weighted by molar-refractivity contribution is 0.741. The van der Waals surface area contributed by atoms with E-state index in [0.717, 1.165) is 4.60 Å². The van der Waals surface area contributed by atoms with E-state index in [4.69, 9.17) is 0 Å². The molecule has 1 aromatic rings. The molecule has 0 fully saturated rings. The minimum Gasteiger partial charge on any atom is -0.230 e. The second-order valence-corrected chi connectivity index (χ2v) is 4.62. The zero-order chi connectivity index (χ0) is 8.39. The van der Waals surface area contributed by atoms with Crippen LogP contribution in [0.3, 0.4) is 0 Å². The van der Waals surface area contributed by atoms with Gasteiger partial charge in [-0.3, -0.25) is 0 Å². The minimum absolute atomic E-state index is 0.967. The number of aromatic nitrogens is 1. The number of allylic oxidation sites excluding steroid dienone is 2. The van der Waals surface area contributed by atoms with Gasteiger partial charge < -0.3 is 0 Å². The summed E-state index contributed by atoms with van der Waals surface area (Å²) in [6.45, 7) is 0. The van der Waals surface area contributed by atoms with E-state index < -0.39 is 0 Å². The zero-order valence-corrected chi connectivity index (χ0v) is 9.12. The monoisotopic (exact) mass is 243 g/mol. The van der Waals surface area contributed by atoms with Gasteiger partial charge in [0.25, 0.3) is 0 Å². The standard InChI is InChI=1S/C9H10BrNS/c10-8-6-12-9(11-8)7-4-2-1-3-5-7/h4,6H,1-3,5H2. The SMILES string of the molecule is Brc1csc(C2=CCCCC2)n1. The van der Waals surface area contributed by atoms with Crippen LogP contribution in [0.4, 0.5) is 0 Å². The van der Waals surface area contributed by atoms with Gasteiger partial charge in [0.2, 0.25) is 0 Å². The van der Waals surface area contributed by atoms with Crippen LogP contribution >= 0.6 is 27.3 Å². The molecular formula is C9H10BrNS. The van der Waals surface area contributed by atoms with E-state index in [0.29, 0.717) is 0 Å². The lowest BCUT2D eigenvalue weighted by atomic mass is 10.0. The largest absolute Gasteiger partial charge is 0.230 e. The van der Waals surface area contributed by atoms with Crippen LogP contribution in [0.25, 0.3) is 5.57 Å². The number of nitrogens with zero attached hydrogens (tertiary/aromatic N) is 1. The van der Waals surface area contributed by atoms with Crippen molar-refractivity contribution < 1.29 is 0 Å². The van der Waals surface area contributed by atoms with Crippen LogP contribution in [0.5, 0.6) is 0 Å². The van der Waals surface area contributed by atoms with E-state index in [1.165, 1.54) is 36.3 Å². The number of halogens is 1. The van der Waals surface area contributed by atoms with E-state index in [-0.39, 0.29) is 0 Å². The topological polar surface area (TPSA) is 12.9 Å². The van der Waals surface area contributed by atoms with Crippen LogP contribution in [0.15, 0.2) is 16.1 Å². The van der Waals surface area contributed by atoms with Gasteiger partial charge in [0, 0.05) is 5.38 Å². The number of hydrogen-bond acceptors (Lipinski definition) is 2. The summed E-state index contributed by atoms with van der Waals surface area (Å²) in [4.78, 5) is 4.40. The summed E-state index contributed by atoms with van der Waals surface area (Å²) in [6, 6.07) is 0. The van der Waals surface area contributed by atoms with Gasteiger partial charge >= 0.3 is 0 Å². The Hall–Kier alpha value is -0.150. The summed E-state index contributed by atoms with van der Waals surface area (Å²) in [5.41, 5.74) is 1.44. The lowest BCUT2D eigenvalue weighted by Gasteiger charge is -2.08. The predicted molar refractivity (Wildman–Crippen MR) is 56.3 cm³/mol. The quantitative estimate of drug-likeness (QED) is 0.730. The van der Waals surface area contributed by atoms with Gasteiger partial charge in [-0.05, 0) is 47.2 Å². The van der Waals surface area contributed by atoms with E-state index in [2.05, 4.69) is 27.0 Å². The first-order valence-electron chi connectivity index (χ1n) is 4.17. The van der Waals surface area contributed by atoms with Crippen molar-refractivity contribution in [2.24, 2.45) is 0 Å². The summed E-state index contributed by atoms with van der Waals surface area (Å²) in [5.74, 6) is 0. The van der Waals surface area contributed by atoms with Crippen LogP contribution in [-0.2, 0) is 0 Å². The van der Waals surface area contributed by atoms with E-state index >= 15 is 0 Å². The highest BCUT2D eigenvalue weighted by Crippen LogP contribution is 2.29. The van der Waals surface area contributed by atoms with Gasteiger partial charge in [-0.2, -0.15) is 0 Å². The lowest BCUT2D eigenvalue weighted by Crippen LogP contribution is -1.90. The molecule has 0 aliphatic heterocycles. The Labute approximate surface area is 84.7 Å². The van der Waals surface area contributed by atoms with Crippen molar-refractivity contribution in [3.63, 3.8) is 0 Å². The number of thiazole rings is 1. The molecule has 1 aliphatic carbocycles. The van der Waals surface area contributed by atoms with Gasteiger partial charge in [-0.15, -0.1) is 11.3 Å². The average Bonchev–Trinajstić information content (AvgIpc) is 2.54. The Bertz CT molecular complexity index is 303. The van der Waals surface area contributed by atoms with Gasteiger partial charge in [0.15, 0.2) is 0 Å². The smallest absolute Gasteiger partial charge is 0.120 e. The molecule has 64 valence electrons. The molecule has 0 bridgehead atoms. The Morgan fingerprint density at radius 2 is 2.33 bits per heavy atom. The van der Waals surface area contributed by atoms with E-state index in [1.54, 1.807) is 11.3 Å². The van der Waals surface area contributed by atoms with Crippen molar-refractivity contribution >= 4 is 32.8 Å². The highest BCUT2D eigenvalue weighted by Gasteiger charge is 2.08. The number of rotatable bonds is 1. The Kier molecular flexibility index (Phi) is 2.61. The van der Waals surface area contributed by atoms with Gasteiger partial charge in [0.05, 0.1) is 0 Å². The molecule has 0 N–H and O–H groups in total. The summed E-state index contributed by atoms with van der Waals surface area (Å²) in [7, 11) is 0. The predicted octanol–water partition coefficient (Wildman–Crippen LogP) is 3.86. The van der Waals surface area contributed by atoms with Crippen molar-refractivity contribution in [3.05, 3.63) is 21.1 Å². The van der Waals surface area contributed by atoms with E-state index in [1.807, 2.05) is 5.38 Å². The van der Waals surface area contributed by atoms with Crippen molar-refractivity contribution in [1.82, 2.24) is 4.98 Å².